The fraction of sp³-hybridized carbons (Fsp3) is 0.0400. The Morgan fingerprint density at radius 1 is 0.327 bits per heavy atom. The summed E-state index contributed by atoms with van der Waals surface area (Å²) in [6.45, 7) is 0. The van der Waals surface area contributed by atoms with E-state index in [1.807, 2.05) is 0 Å². The largest absolute Gasteiger partial charge is 0.333 e. The predicted molar refractivity (Wildman–Crippen MR) is 218 cm³/mol. The molecule has 9 rings (SSSR count). The van der Waals surface area contributed by atoms with Crippen LogP contribution >= 0.6 is 0 Å². The van der Waals surface area contributed by atoms with Gasteiger partial charge in [-0.1, -0.05) is 164 Å². The van der Waals surface area contributed by atoms with Crippen LogP contribution in [0.15, 0.2) is 218 Å². The van der Waals surface area contributed by atoms with Crippen LogP contribution in [-0.4, -0.2) is 0 Å². The Morgan fingerprint density at radius 2 is 0.731 bits per heavy atom. The van der Waals surface area contributed by atoms with E-state index in [0.717, 1.165) is 17.1 Å². The van der Waals surface area contributed by atoms with Crippen LogP contribution in [-0.2, 0) is 0 Å². The summed E-state index contributed by atoms with van der Waals surface area (Å²) >= 11 is 0. The molecule has 0 bridgehead atoms. The fourth-order valence-electron chi connectivity index (χ4n) is 7.83. The van der Waals surface area contributed by atoms with Crippen molar-refractivity contribution in [1.82, 2.24) is 0 Å². The molecule has 0 amide bonds. The number of benzene rings is 8. The van der Waals surface area contributed by atoms with Crippen LogP contribution in [0.2, 0.25) is 0 Å². The number of rotatable bonds is 8. The predicted octanol–water partition coefficient (Wildman–Crippen LogP) is 13.5. The van der Waals surface area contributed by atoms with E-state index in [9.17, 15) is 0 Å². The second-order valence-electron chi connectivity index (χ2n) is 13.4. The van der Waals surface area contributed by atoms with Gasteiger partial charge in [0, 0.05) is 34.4 Å². The summed E-state index contributed by atoms with van der Waals surface area (Å²) in [5, 5.41) is 0. The average Bonchev–Trinajstić information content (AvgIpc) is 3.58. The Hall–Kier alpha value is -6.64. The Kier molecular flexibility index (Phi) is 8.40. The molecule has 2 unspecified atom stereocenters. The van der Waals surface area contributed by atoms with Crippen molar-refractivity contribution in [2.24, 2.45) is 0 Å². The third-order valence-corrected chi connectivity index (χ3v) is 10.3. The molecule has 8 aromatic rings. The van der Waals surface area contributed by atoms with E-state index in [4.69, 9.17) is 0 Å². The van der Waals surface area contributed by atoms with Crippen LogP contribution in [0.25, 0.3) is 22.3 Å². The molecule has 2 heteroatoms. The van der Waals surface area contributed by atoms with Crippen molar-refractivity contribution in [1.29, 1.82) is 0 Å². The maximum atomic E-state index is 2.54. The van der Waals surface area contributed by atoms with Gasteiger partial charge < -0.3 is 9.80 Å². The zero-order chi connectivity index (χ0) is 34.7. The van der Waals surface area contributed by atoms with Crippen LogP contribution < -0.4 is 9.80 Å². The lowest BCUT2D eigenvalue weighted by molar-refractivity contribution is 0.658. The second-order valence-corrected chi connectivity index (χ2v) is 13.4. The van der Waals surface area contributed by atoms with Crippen molar-refractivity contribution in [3.63, 3.8) is 0 Å². The molecule has 0 aromatic heterocycles. The summed E-state index contributed by atoms with van der Waals surface area (Å²) in [6, 6.07) is 79.0. The van der Waals surface area contributed by atoms with E-state index in [1.165, 1.54) is 50.3 Å². The number of anilines is 5. The summed E-state index contributed by atoms with van der Waals surface area (Å²) in [7, 11) is 0. The quantitative estimate of drug-likeness (QED) is 0.159. The monoisotopic (exact) mass is 666 g/mol. The molecule has 2 atom stereocenters. The zero-order valence-electron chi connectivity index (χ0n) is 28.8. The van der Waals surface area contributed by atoms with Gasteiger partial charge in [0.25, 0.3) is 0 Å². The minimum atomic E-state index is 0.136. The van der Waals surface area contributed by atoms with E-state index in [2.05, 4.69) is 228 Å². The van der Waals surface area contributed by atoms with Crippen LogP contribution in [0.3, 0.4) is 0 Å². The van der Waals surface area contributed by atoms with Crippen molar-refractivity contribution in [3.05, 3.63) is 235 Å². The molecule has 1 aliphatic heterocycles. The summed E-state index contributed by atoms with van der Waals surface area (Å²) in [4.78, 5) is 4.86. The van der Waals surface area contributed by atoms with Gasteiger partial charge in [0.15, 0.2) is 0 Å². The molecule has 0 spiro atoms. The van der Waals surface area contributed by atoms with E-state index in [-0.39, 0.29) is 12.0 Å². The Morgan fingerprint density at radius 3 is 1.29 bits per heavy atom. The highest BCUT2D eigenvalue weighted by Gasteiger charge is 2.40. The molecule has 52 heavy (non-hydrogen) atoms. The lowest BCUT2D eigenvalue weighted by Gasteiger charge is -2.31. The minimum absolute atomic E-state index is 0.136. The van der Waals surface area contributed by atoms with Crippen molar-refractivity contribution >= 4 is 28.4 Å². The molecule has 0 radical (unpaired) electrons. The lowest BCUT2D eigenvalue weighted by atomic mass is 9.84. The number of hydrogen-bond donors (Lipinski definition) is 0. The maximum absolute atomic E-state index is 2.54. The normalized spacial score (nSPS) is 14.9. The van der Waals surface area contributed by atoms with Crippen LogP contribution in [0, 0.1) is 0 Å². The number of fused-ring (bicyclic) bond motifs is 1. The molecule has 1 heterocycles. The SMILES string of the molecule is c1ccc(-c2ccc(N(c3ccccc3)c3ccc(-c4ccc(N5c6ccccc6C(c6ccccc6)C5c5ccccc5)cc4)cc3)cc2)cc1. The first-order chi connectivity index (χ1) is 25.8. The Bertz CT molecular complexity index is 2370. The van der Waals surface area contributed by atoms with Crippen LogP contribution in [0.5, 0.6) is 0 Å². The van der Waals surface area contributed by atoms with Crippen LogP contribution in [0.4, 0.5) is 28.4 Å². The number of hydrogen-bond acceptors (Lipinski definition) is 2. The first-order valence-corrected chi connectivity index (χ1v) is 18.0. The van der Waals surface area contributed by atoms with E-state index in [1.54, 1.807) is 0 Å². The first kappa shape index (κ1) is 31.3. The van der Waals surface area contributed by atoms with E-state index >= 15 is 0 Å². The minimum Gasteiger partial charge on any atom is -0.333 e. The van der Waals surface area contributed by atoms with Crippen LogP contribution in [0.1, 0.15) is 28.7 Å². The first-order valence-electron chi connectivity index (χ1n) is 18.0. The molecule has 0 aliphatic carbocycles. The Labute approximate surface area is 306 Å². The molecule has 0 fully saturated rings. The summed E-state index contributed by atoms with van der Waals surface area (Å²) in [6.07, 6.45) is 0. The second kappa shape index (κ2) is 13.9. The van der Waals surface area contributed by atoms with Gasteiger partial charge in [0.1, 0.15) is 0 Å². The standard InChI is InChI=1S/C50H38N2/c1-5-15-37(16-6-1)38-25-31-44(32-26-38)51(43-21-11-4-12-22-43)45-33-27-39(28-34-45)40-29-35-46(36-30-40)52-48-24-14-13-23-47(48)49(41-17-7-2-8-18-41)50(52)42-19-9-3-10-20-42/h1-36,49-50H. The van der Waals surface area contributed by atoms with Crippen molar-refractivity contribution in [3.8, 4) is 22.3 Å². The third kappa shape index (κ3) is 5.95. The van der Waals surface area contributed by atoms with E-state index < -0.39 is 0 Å². The number of nitrogens with zero attached hydrogens (tertiary/aromatic N) is 2. The van der Waals surface area contributed by atoms with Gasteiger partial charge >= 0.3 is 0 Å². The van der Waals surface area contributed by atoms with Gasteiger partial charge in [-0.15, -0.1) is 0 Å². The summed E-state index contributed by atoms with van der Waals surface area (Å²) in [5.74, 6) is 0.217. The van der Waals surface area contributed by atoms with Crippen molar-refractivity contribution < 1.29 is 0 Å². The van der Waals surface area contributed by atoms with Crippen molar-refractivity contribution in [2.45, 2.75) is 12.0 Å². The highest BCUT2D eigenvalue weighted by molar-refractivity contribution is 5.81. The highest BCUT2D eigenvalue weighted by Crippen LogP contribution is 2.55. The zero-order valence-corrected chi connectivity index (χ0v) is 28.8. The molecule has 8 aromatic carbocycles. The average molecular weight is 667 g/mol. The van der Waals surface area contributed by atoms with Gasteiger partial charge in [0.2, 0.25) is 0 Å². The molecule has 248 valence electrons. The highest BCUT2D eigenvalue weighted by atomic mass is 15.2. The molecule has 2 nitrogen and oxygen atoms in total. The molecule has 0 saturated carbocycles. The van der Waals surface area contributed by atoms with Gasteiger partial charge in [-0.2, -0.15) is 0 Å². The molecular formula is C50H38N2. The fourth-order valence-corrected chi connectivity index (χ4v) is 7.83. The van der Waals surface area contributed by atoms with Gasteiger partial charge in [-0.05, 0) is 93.5 Å². The summed E-state index contributed by atoms with van der Waals surface area (Å²) < 4.78 is 0. The topological polar surface area (TPSA) is 6.48 Å². The third-order valence-electron chi connectivity index (χ3n) is 10.3. The van der Waals surface area contributed by atoms with E-state index in [0.29, 0.717) is 0 Å². The van der Waals surface area contributed by atoms with Crippen molar-refractivity contribution in [2.75, 3.05) is 9.80 Å². The molecular weight excluding hydrogens is 629 g/mol. The smallest absolute Gasteiger partial charge is 0.0701 e. The maximum Gasteiger partial charge on any atom is 0.0701 e. The van der Waals surface area contributed by atoms with Gasteiger partial charge in [-0.3, -0.25) is 0 Å². The Balaban J connectivity index is 1.04. The molecule has 0 N–H and O–H groups in total. The lowest BCUT2D eigenvalue weighted by Crippen LogP contribution is -2.22. The number of para-hydroxylation sites is 2. The molecule has 0 saturated heterocycles. The molecule has 1 aliphatic rings. The summed E-state index contributed by atoms with van der Waals surface area (Å²) in [5.41, 5.74) is 14.6. The van der Waals surface area contributed by atoms with Gasteiger partial charge in [-0.25, -0.2) is 0 Å². The van der Waals surface area contributed by atoms with Gasteiger partial charge in [0.05, 0.1) is 6.04 Å².